The Balaban J connectivity index is 1.88. The van der Waals surface area contributed by atoms with Crippen molar-refractivity contribution < 1.29 is 19.7 Å². The molecule has 0 fully saturated rings. The van der Waals surface area contributed by atoms with Crippen LogP contribution in [0.25, 0.3) is 10.8 Å². The Labute approximate surface area is 127 Å². The minimum atomic E-state index is -1.16. The minimum absolute atomic E-state index is 0.118. The number of hydrogen-bond acceptors (Lipinski definition) is 3. The molecule has 0 unspecified atom stereocenters. The number of aromatic hydroxyl groups is 1. The molecule has 0 aliphatic rings. The molecule has 3 aromatic rings. The number of hydrogen-bond donors (Lipinski definition) is 2. The summed E-state index contributed by atoms with van der Waals surface area (Å²) >= 11 is 0. The van der Waals surface area contributed by atoms with Gasteiger partial charge in [-0.3, -0.25) is 0 Å². The first-order valence-corrected chi connectivity index (χ1v) is 6.80. The average Bonchev–Trinajstić information content (AvgIpc) is 2.53. The second-order valence-electron chi connectivity index (χ2n) is 4.96. The van der Waals surface area contributed by atoms with Crippen molar-refractivity contribution in [3.63, 3.8) is 0 Å². The van der Waals surface area contributed by atoms with Crippen LogP contribution in [0.2, 0.25) is 0 Å². The number of carboxylic acid groups (broad SMARTS) is 1. The van der Waals surface area contributed by atoms with Crippen molar-refractivity contribution in [2.75, 3.05) is 0 Å². The van der Waals surface area contributed by atoms with Gasteiger partial charge in [-0.15, -0.1) is 0 Å². The van der Waals surface area contributed by atoms with Crippen LogP contribution >= 0.6 is 0 Å². The van der Waals surface area contributed by atoms with Crippen molar-refractivity contribution >= 4 is 16.7 Å². The molecular formula is C18H14O4. The smallest absolute Gasteiger partial charge is 0.339 e. The number of ether oxygens (including phenoxy) is 1. The van der Waals surface area contributed by atoms with Crippen molar-refractivity contribution in [3.8, 4) is 11.5 Å². The molecule has 4 nitrogen and oxygen atoms in total. The van der Waals surface area contributed by atoms with Gasteiger partial charge in [-0.2, -0.15) is 0 Å². The van der Waals surface area contributed by atoms with E-state index in [1.165, 1.54) is 12.1 Å². The molecule has 4 heteroatoms. The van der Waals surface area contributed by atoms with Crippen LogP contribution in [0.4, 0.5) is 0 Å². The van der Waals surface area contributed by atoms with Crippen LogP contribution in [0.15, 0.2) is 60.7 Å². The lowest BCUT2D eigenvalue weighted by atomic mass is 10.1. The van der Waals surface area contributed by atoms with Gasteiger partial charge < -0.3 is 14.9 Å². The summed E-state index contributed by atoms with van der Waals surface area (Å²) < 4.78 is 5.72. The van der Waals surface area contributed by atoms with Crippen LogP contribution in [-0.2, 0) is 6.61 Å². The summed E-state index contributed by atoms with van der Waals surface area (Å²) in [6, 6.07) is 18.0. The van der Waals surface area contributed by atoms with Crippen LogP contribution in [0.3, 0.4) is 0 Å². The summed E-state index contributed by atoms with van der Waals surface area (Å²) in [5.74, 6) is -0.744. The molecule has 0 radical (unpaired) electrons. The van der Waals surface area contributed by atoms with Crippen molar-refractivity contribution in [2.24, 2.45) is 0 Å². The summed E-state index contributed by atoms with van der Waals surface area (Å²) in [7, 11) is 0. The summed E-state index contributed by atoms with van der Waals surface area (Å²) in [4.78, 5) is 11.1. The van der Waals surface area contributed by atoms with Gasteiger partial charge in [-0.25, -0.2) is 4.79 Å². The van der Waals surface area contributed by atoms with Crippen LogP contribution in [0.5, 0.6) is 11.5 Å². The van der Waals surface area contributed by atoms with Gasteiger partial charge in [0.2, 0.25) is 0 Å². The predicted octanol–water partition coefficient (Wildman–Crippen LogP) is 3.82. The van der Waals surface area contributed by atoms with E-state index in [0.717, 1.165) is 10.9 Å². The molecule has 3 rings (SSSR count). The Bertz CT molecular complexity index is 825. The first-order valence-electron chi connectivity index (χ1n) is 6.80. The first-order chi connectivity index (χ1) is 10.6. The highest BCUT2D eigenvalue weighted by molar-refractivity contribution is 5.97. The number of carbonyl (C=O) groups is 1. The number of benzene rings is 3. The van der Waals surface area contributed by atoms with E-state index in [9.17, 15) is 9.90 Å². The minimum Gasteiger partial charge on any atom is -0.507 e. The van der Waals surface area contributed by atoms with E-state index >= 15 is 0 Å². The van der Waals surface area contributed by atoms with E-state index in [1.54, 1.807) is 18.2 Å². The lowest BCUT2D eigenvalue weighted by molar-refractivity contribution is 0.0694. The lowest BCUT2D eigenvalue weighted by Gasteiger charge is -2.08. The quantitative estimate of drug-likeness (QED) is 0.767. The molecule has 0 saturated heterocycles. The van der Waals surface area contributed by atoms with Crippen molar-refractivity contribution in [2.45, 2.75) is 6.61 Å². The standard InChI is InChI=1S/C18H14O4/c19-17-10-13-6-7-15(8-14(13)9-16(17)18(20)21)22-11-12-4-2-1-3-5-12/h1-10,19H,11H2,(H,20,21). The SMILES string of the molecule is O=C(O)c1cc2cc(OCc3ccccc3)ccc2cc1O. The van der Waals surface area contributed by atoms with E-state index in [-0.39, 0.29) is 11.3 Å². The normalized spacial score (nSPS) is 10.5. The molecule has 22 heavy (non-hydrogen) atoms. The Morgan fingerprint density at radius 3 is 2.45 bits per heavy atom. The van der Waals surface area contributed by atoms with Crippen LogP contribution in [0, 0.1) is 0 Å². The molecule has 0 heterocycles. The Morgan fingerprint density at radius 1 is 0.955 bits per heavy atom. The second kappa shape index (κ2) is 5.77. The lowest BCUT2D eigenvalue weighted by Crippen LogP contribution is -1.97. The van der Waals surface area contributed by atoms with Crippen LogP contribution in [0.1, 0.15) is 15.9 Å². The van der Waals surface area contributed by atoms with Gasteiger partial charge in [-0.1, -0.05) is 36.4 Å². The highest BCUT2D eigenvalue weighted by Crippen LogP contribution is 2.28. The Hall–Kier alpha value is -3.01. The molecule has 0 aliphatic heterocycles. The van der Waals surface area contributed by atoms with Gasteiger partial charge >= 0.3 is 5.97 Å². The summed E-state index contributed by atoms with van der Waals surface area (Å²) in [5.41, 5.74) is 0.937. The predicted molar refractivity (Wildman–Crippen MR) is 83.3 cm³/mol. The average molecular weight is 294 g/mol. The van der Waals surface area contributed by atoms with Crippen LogP contribution in [-0.4, -0.2) is 16.2 Å². The van der Waals surface area contributed by atoms with E-state index in [0.29, 0.717) is 17.7 Å². The highest BCUT2D eigenvalue weighted by atomic mass is 16.5. The third-order valence-corrected chi connectivity index (χ3v) is 3.41. The van der Waals surface area contributed by atoms with E-state index in [1.807, 2.05) is 30.3 Å². The van der Waals surface area contributed by atoms with Gasteiger partial charge in [0.15, 0.2) is 0 Å². The topological polar surface area (TPSA) is 66.8 Å². The molecule has 0 aromatic heterocycles. The zero-order valence-corrected chi connectivity index (χ0v) is 11.7. The van der Waals surface area contributed by atoms with Gasteiger partial charge in [0, 0.05) is 0 Å². The number of carboxylic acids is 1. The summed E-state index contributed by atoms with van der Waals surface area (Å²) in [5, 5.41) is 20.2. The molecule has 0 amide bonds. The van der Waals surface area contributed by atoms with Crippen LogP contribution < -0.4 is 4.74 Å². The molecule has 3 aromatic carbocycles. The molecule has 0 spiro atoms. The van der Waals surface area contributed by atoms with Crippen molar-refractivity contribution in [1.82, 2.24) is 0 Å². The number of fused-ring (bicyclic) bond motifs is 1. The maximum absolute atomic E-state index is 11.1. The maximum Gasteiger partial charge on any atom is 0.339 e. The Kier molecular flexibility index (Phi) is 3.66. The third-order valence-electron chi connectivity index (χ3n) is 3.41. The molecule has 0 aliphatic carbocycles. The fourth-order valence-corrected chi connectivity index (χ4v) is 2.27. The van der Waals surface area contributed by atoms with E-state index in [4.69, 9.17) is 9.84 Å². The second-order valence-corrected chi connectivity index (χ2v) is 4.96. The van der Waals surface area contributed by atoms with Gasteiger partial charge in [-0.05, 0) is 40.6 Å². The Morgan fingerprint density at radius 2 is 1.73 bits per heavy atom. The number of phenols is 1. The summed E-state index contributed by atoms with van der Waals surface area (Å²) in [6.45, 7) is 0.441. The largest absolute Gasteiger partial charge is 0.507 e. The fraction of sp³-hybridized carbons (Fsp3) is 0.0556. The first kappa shape index (κ1) is 13.9. The van der Waals surface area contributed by atoms with E-state index < -0.39 is 5.97 Å². The number of aromatic carboxylic acids is 1. The molecular weight excluding hydrogens is 280 g/mol. The fourth-order valence-electron chi connectivity index (χ4n) is 2.27. The van der Waals surface area contributed by atoms with Gasteiger partial charge in [0.25, 0.3) is 0 Å². The summed E-state index contributed by atoms with van der Waals surface area (Å²) in [6.07, 6.45) is 0. The zero-order chi connectivity index (χ0) is 15.5. The van der Waals surface area contributed by atoms with Crippen molar-refractivity contribution in [3.05, 3.63) is 71.8 Å². The van der Waals surface area contributed by atoms with Gasteiger partial charge in [0.05, 0.1) is 0 Å². The monoisotopic (exact) mass is 294 g/mol. The molecule has 0 atom stereocenters. The third kappa shape index (κ3) is 2.86. The molecule has 0 saturated carbocycles. The zero-order valence-electron chi connectivity index (χ0n) is 11.7. The molecule has 110 valence electrons. The van der Waals surface area contributed by atoms with Crippen molar-refractivity contribution in [1.29, 1.82) is 0 Å². The number of rotatable bonds is 4. The highest BCUT2D eigenvalue weighted by Gasteiger charge is 2.11. The maximum atomic E-state index is 11.1. The van der Waals surface area contributed by atoms with Gasteiger partial charge in [0.1, 0.15) is 23.7 Å². The molecule has 0 bridgehead atoms. The molecule has 2 N–H and O–H groups in total. The van der Waals surface area contributed by atoms with E-state index in [2.05, 4.69) is 0 Å².